The molecule has 4 heteroatoms. The average Bonchev–Trinajstić information content (AvgIpc) is 2.46. The lowest BCUT2D eigenvalue weighted by Gasteiger charge is -2.15. The van der Waals surface area contributed by atoms with Gasteiger partial charge in [-0.1, -0.05) is 39.8 Å². The first-order valence-corrected chi connectivity index (χ1v) is 9.62. The topological polar surface area (TPSA) is 46.2 Å². The Morgan fingerprint density at radius 3 is 2.19 bits per heavy atom. The lowest BCUT2D eigenvalue weighted by Crippen LogP contribution is -2.28. The van der Waals surface area contributed by atoms with Gasteiger partial charge in [0.1, 0.15) is 0 Å². The molecule has 0 bridgehead atoms. The van der Waals surface area contributed by atoms with Crippen LogP contribution in [0, 0.1) is 0 Å². The van der Waals surface area contributed by atoms with Gasteiger partial charge >= 0.3 is 0 Å². The molecule has 1 rings (SSSR count). The Bertz CT molecular complexity index is 506. The van der Waals surface area contributed by atoms with Crippen molar-refractivity contribution in [2.45, 2.75) is 63.8 Å². The average molecular weight is 311 g/mol. The third kappa shape index (κ3) is 5.79. The fourth-order valence-electron chi connectivity index (χ4n) is 2.44. The number of hydrogen-bond donors (Lipinski definition) is 1. The molecule has 1 aromatic carbocycles. The molecule has 1 unspecified atom stereocenters. The fraction of sp³-hybridized carbons (Fsp3) is 0.647. The first-order valence-electron chi connectivity index (χ1n) is 7.96. The van der Waals surface area contributed by atoms with E-state index in [0.29, 0.717) is 23.3 Å². The minimum absolute atomic E-state index is 0.232. The summed E-state index contributed by atoms with van der Waals surface area (Å²) in [6.07, 6.45) is 2.66. The molecule has 0 saturated heterocycles. The van der Waals surface area contributed by atoms with Crippen LogP contribution in [0.25, 0.3) is 0 Å². The van der Waals surface area contributed by atoms with Crippen LogP contribution in [0.2, 0.25) is 0 Å². The summed E-state index contributed by atoms with van der Waals surface area (Å²) in [5, 5.41) is 3.38. The molecule has 0 aliphatic rings. The van der Waals surface area contributed by atoms with Crippen molar-refractivity contribution >= 4 is 9.84 Å². The van der Waals surface area contributed by atoms with E-state index in [1.54, 1.807) is 12.1 Å². The largest absolute Gasteiger partial charge is 0.314 e. The molecule has 0 amide bonds. The van der Waals surface area contributed by atoms with E-state index in [9.17, 15) is 8.42 Å². The highest BCUT2D eigenvalue weighted by molar-refractivity contribution is 7.91. The maximum absolute atomic E-state index is 12.3. The fourth-order valence-corrected chi connectivity index (χ4v) is 3.77. The second kappa shape index (κ2) is 8.54. The summed E-state index contributed by atoms with van der Waals surface area (Å²) in [5.74, 6) is 0.655. The zero-order valence-corrected chi connectivity index (χ0v) is 14.5. The van der Waals surface area contributed by atoms with Crippen molar-refractivity contribution in [2.24, 2.45) is 0 Å². The zero-order chi connectivity index (χ0) is 15.9. The zero-order valence-electron chi connectivity index (χ0n) is 13.7. The van der Waals surface area contributed by atoms with E-state index >= 15 is 0 Å². The molecule has 1 N–H and O–H groups in total. The van der Waals surface area contributed by atoms with Crippen molar-refractivity contribution in [3.8, 4) is 0 Å². The summed E-state index contributed by atoms with van der Waals surface area (Å²) in [5.41, 5.74) is 1.17. The Kier molecular flexibility index (Phi) is 7.40. The van der Waals surface area contributed by atoms with Crippen molar-refractivity contribution in [1.29, 1.82) is 0 Å². The van der Waals surface area contributed by atoms with Crippen LogP contribution < -0.4 is 5.32 Å². The van der Waals surface area contributed by atoms with Crippen LogP contribution in [-0.2, 0) is 9.84 Å². The monoisotopic (exact) mass is 311 g/mol. The van der Waals surface area contributed by atoms with Crippen LogP contribution in [0.4, 0.5) is 0 Å². The molecule has 0 aromatic heterocycles. The lowest BCUT2D eigenvalue weighted by atomic mass is 10.0. The molecule has 0 spiro atoms. The molecule has 120 valence electrons. The predicted molar refractivity (Wildman–Crippen MR) is 89.6 cm³/mol. The molecule has 0 aliphatic carbocycles. The Labute approximate surface area is 130 Å². The molecule has 0 radical (unpaired) electrons. The van der Waals surface area contributed by atoms with Crippen LogP contribution in [0.15, 0.2) is 29.2 Å². The molecule has 0 heterocycles. The van der Waals surface area contributed by atoms with E-state index in [0.717, 1.165) is 19.4 Å². The third-order valence-electron chi connectivity index (χ3n) is 3.86. The van der Waals surface area contributed by atoms with Crippen LogP contribution >= 0.6 is 0 Å². The normalized spacial score (nSPS) is 13.6. The number of rotatable bonds is 9. The summed E-state index contributed by atoms with van der Waals surface area (Å²) >= 11 is 0. The van der Waals surface area contributed by atoms with Gasteiger partial charge in [-0.3, -0.25) is 0 Å². The van der Waals surface area contributed by atoms with Crippen LogP contribution in [0.3, 0.4) is 0 Å². The summed E-state index contributed by atoms with van der Waals surface area (Å²) in [4.78, 5) is 0.448. The minimum atomic E-state index is -3.15. The highest BCUT2D eigenvalue weighted by Gasteiger charge is 2.15. The van der Waals surface area contributed by atoms with Crippen molar-refractivity contribution in [3.05, 3.63) is 29.8 Å². The van der Waals surface area contributed by atoms with Crippen molar-refractivity contribution in [3.63, 3.8) is 0 Å². The lowest BCUT2D eigenvalue weighted by molar-refractivity contribution is 0.475. The van der Waals surface area contributed by atoms with E-state index in [-0.39, 0.29) is 5.75 Å². The summed E-state index contributed by atoms with van der Waals surface area (Å²) < 4.78 is 24.6. The Morgan fingerprint density at radius 1 is 1.10 bits per heavy atom. The first kappa shape index (κ1) is 18.2. The maximum Gasteiger partial charge on any atom is 0.178 e. The Morgan fingerprint density at radius 2 is 1.71 bits per heavy atom. The van der Waals surface area contributed by atoms with Crippen LogP contribution in [0.1, 0.15) is 58.4 Å². The predicted octanol–water partition coefficient (Wildman–Crippen LogP) is 3.75. The summed E-state index contributed by atoms with van der Waals surface area (Å²) in [6, 6.07) is 7.75. The number of nitrogens with one attached hydrogen (secondary N) is 1. The Hall–Kier alpha value is -0.870. The summed E-state index contributed by atoms with van der Waals surface area (Å²) in [7, 11) is -3.15. The van der Waals surface area contributed by atoms with Crippen LogP contribution in [0.5, 0.6) is 0 Å². The van der Waals surface area contributed by atoms with Gasteiger partial charge in [-0.2, -0.15) is 0 Å². The minimum Gasteiger partial charge on any atom is -0.314 e. The van der Waals surface area contributed by atoms with Gasteiger partial charge in [-0.15, -0.1) is 0 Å². The first-order chi connectivity index (χ1) is 9.90. The van der Waals surface area contributed by atoms with Crippen LogP contribution in [-0.4, -0.2) is 26.8 Å². The van der Waals surface area contributed by atoms with Crippen molar-refractivity contribution in [2.75, 3.05) is 12.3 Å². The molecule has 3 nitrogen and oxygen atoms in total. The number of sulfone groups is 1. The SMILES string of the molecule is CCNC(CC)CCCS(=O)(=O)c1ccc(C(C)C)cc1. The maximum atomic E-state index is 12.3. The second-order valence-corrected chi connectivity index (χ2v) is 7.96. The molecule has 21 heavy (non-hydrogen) atoms. The van der Waals surface area contributed by atoms with E-state index in [1.165, 1.54) is 5.56 Å². The van der Waals surface area contributed by atoms with E-state index in [1.807, 2.05) is 12.1 Å². The van der Waals surface area contributed by atoms with Gasteiger partial charge in [0.15, 0.2) is 9.84 Å². The van der Waals surface area contributed by atoms with E-state index in [2.05, 4.69) is 33.0 Å². The van der Waals surface area contributed by atoms with Crippen molar-refractivity contribution < 1.29 is 8.42 Å². The van der Waals surface area contributed by atoms with Gasteiger partial charge in [0, 0.05) is 6.04 Å². The van der Waals surface area contributed by atoms with Gasteiger partial charge < -0.3 is 5.32 Å². The molecule has 0 fully saturated rings. The van der Waals surface area contributed by atoms with E-state index < -0.39 is 9.84 Å². The molecule has 0 saturated carbocycles. The van der Waals surface area contributed by atoms with E-state index in [4.69, 9.17) is 0 Å². The molecule has 0 aliphatic heterocycles. The highest BCUT2D eigenvalue weighted by Crippen LogP contribution is 2.19. The molecule has 1 atom stereocenters. The smallest absolute Gasteiger partial charge is 0.178 e. The number of hydrogen-bond acceptors (Lipinski definition) is 3. The second-order valence-electron chi connectivity index (χ2n) is 5.85. The van der Waals surface area contributed by atoms with Gasteiger partial charge in [-0.25, -0.2) is 8.42 Å². The van der Waals surface area contributed by atoms with Crippen molar-refractivity contribution in [1.82, 2.24) is 5.32 Å². The standard InChI is InChI=1S/C17H29NO2S/c1-5-16(18-6-2)8-7-13-21(19,20)17-11-9-15(10-12-17)14(3)4/h9-12,14,16,18H,5-8,13H2,1-4H3. The summed E-state index contributed by atoms with van der Waals surface area (Å²) in [6.45, 7) is 9.36. The highest BCUT2D eigenvalue weighted by atomic mass is 32.2. The quantitative estimate of drug-likeness (QED) is 0.755. The number of benzene rings is 1. The van der Waals surface area contributed by atoms with Gasteiger partial charge in [0.2, 0.25) is 0 Å². The molecular weight excluding hydrogens is 282 g/mol. The Balaban J connectivity index is 2.60. The molecular formula is C17H29NO2S. The third-order valence-corrected chi connectivity index (χ3v) is 5.67. The molecule has 1 aromatic rings. The van der Waals surface area contributed by atoms with Gasteiger partial charge in [0.25, 0.3) is 0 Å². The van der Waals surface area contributed by atoms with Gasteiger partial charge in [-0.05, 0) is 49.4 Å². The van der Waals surface area contributed by atoms with Gasteiger partial charge in [0.05, 0.1) is 10.6 Å².